The summed E-state index contributed by atoms with van der Waals surface area (Å²) in [6.07, 6.45) is 4.78. The van der Waals surface area contributed by atoms with Gasteiger partial charge in [0.05, 0.1) is 12.5 Å². The van der Waals surface area contributed by atoms with Crippen LogP contribution in [-0.2, 0) is 9.59 Å². The highest BCUT2D eigenvalue weighted by atomic mass is 16.2. The zero-order valence-corrected chi connectivity index (χ0v) is 10.3. The van der Waals surface area contributed by atoms with Crippen LogP contribution in [0.3, 0.4) is 0 Å². The van der Waals surface area contributed by atoms with E-state index < -0.39 is 0 Å². The van der Waals surface area contributed by atoms with Gasteiger partial charge in [0.25, 0.3) is 0 Å². The first-order valence-electron chi connectivity index (χ1n) is 6.54. The number of carbonyl (C=O) groups excluding carboxylic acids is 2. The van der Waals surface area contributed by atoms with Gasteiger partial charge in [0.1, 0.15) is 0 Å². The first-order valence-corrected chi connectivity index (χ1v) is 6.54. The Hall–Kier alpha value is -1.10. The molecule has 0 spiro atoms. The molecule has 17 heavy (non-hydrogen) atoms. The van der Waals surface area contributed by atoms with Crippen molar-refractivity contribution < 1.29 is 9.59 Å². The van der Waals surface area contributed by atoms with Crippen molar-refractivity contribution in [3.8, 4) is 0 Å². The van der Waals surface area contributed by atoms with Crippen molar-refractivity contribution in [1.29, 1.82) is 0 Å². The van der Waals surface area contributed by atoms with E-state index in [0.29, 0.717) is 12.6 Å². The third-order valence-electron chi connectivity index (χ3n) is 3.59. The summed E-state index contributed by atoms with van der Waals surface area (Å²) < 4.78 is 0. The number of nitrogens with one attached hydrogen (secondary N) is 3. The molecule has 96 valence electrons. The summed E-state index contributed by atoms with van der Waals surface area (Å²) in [4.78, 5) is 23.3. The molecule has 2 amide bonds. The summed E-state index contributed by atoms with van der Waals surface area (Å²) in [5.41, 5.74) is 0. The second kappa shape index (κ2) is 5.49. The maximum absolute atomic E-state index is 11.8. The minimum Gasteiger partial charge on any atom is -0.356 e. The van der Waals surface area contributed by atoms with Crippen LogP contribution in [0.2, 0.25) is 0 Å². The number of hydrogen-bond donors (Lipinski definition) is 3. The van der Waals surface area contributed by atoms with Crippen LogP contribution < -0.4 is 16.0 Å². The Morgan fingerprint density at radius 3 is 2.76 bits per heavy atom. The normalized spacial score (nSPS) is 32.5. The summed E-state index contributed by atoms with van der Waals surface area (Å²) in [6.45, 7) is 2.49. The lowest BCUT2D eigenvalue weighted by atomic mass is 9.87. The van der Waals surface area contributed by atoms with Crippen LogP contribution in [-0.4, -0.2) is 36.5 Å². The molecular weight excluding hydrogens is 218 g/mol. The summed E-state index contributed by atoms with van der Waals surface area (Å²) in [5.74, 6) is -0.0891. The van der Waals surface area contributed by atoms with E-state index in [9.17, 15) is 9.59 Å². The van der Waals surface area contributed by atoms with Crippen LogP contribution >= 0.6 is 0 Å². The van der Waals surface area contributed by atoms with Crippen molar-refractivity contribution in [3.63, 3.8) is 0 Å². The van der Waals surface area contributed by atoms with E-state index in [-0.39, 0.29) is 30.3 Å². The summed E-state index contributed by atoms with van der Waals surface area (Å²) in [6, 6.07) is 0.253. The second-order valence-corrected chi connectivity index (χ2v) is 4.88. The molecule has 0 bridgehead atoms. The molecule has 1 aliphatic carbocycles. The van der Waals surface area contributed by atoms with Crippen LogP contribution in [0.25, 0.3) is 0 Å². The van der Waals surface area contributed by atoms with E-state index in [4.69, 9.17) is 0 Å². The maximum atomic E-state index is 11.8. The Labute approximate surface area is 102 Å². The molecule has 1 saturated carbocycles. The first kappa shape index (κ1) is 12.4. The maximum Gasteiger partial charge on any atom is 0.237 e. The largest absolute Gasteiger partial charge is 0.356 e. The smallest absolute Gasteiger partial charge is 0.237 e. The Bertz CT molecular complexity index is 306. The fourth-order valence-electron chi connectivity index (χ4n) is 2.73. The van der Waals surface area contributed by atoms with Crippen LogP contribution in [0.4, 0.5) is 0 Å². The molecule has 5 nitrogen and oxygen atoms in total. The summed E-state index contributed by atoms with van der Waals surface area (Å²) in [7, 11) is 0. The van der Waals surface area contributed by atoms with Gasteiger partial charge in [-0.1, -0.05) is 12.8 Å². The number of carbonyl (C=O) groups is 2. The minimum absolute atomic E-state index is 0.0283. The van der Waals surface area contributed by atoms with E-state index >= 15 is 0 Å². The van der Waals surface area contributed by atoms with E-state index in [1.807, 2.05) is 6.92 Å². The molecule has 1 heterocycles. The average Bonchev–Trinajstić information content (AvgIpc) is 2.30. The molecule has 2 fully saturated rings. The zero-order chi connectivity index (χ0) is 12.3. The molecule has 0 aromatic carbocycles. The molecule has 1 saturated heterocycles. The van der Waals surface area contributed by atoms with Crippen molar-refractivity contribution in [2.45, 2.75) is 57.2 Å². The zero-order valence-electron chi connectivity index (χ0n) is 10.3. The Balaban J connectivity index is 1.90. The van der Waals surface area contributed by atoms with Gasteiger partial charge in [-0.05, 0) is 19.8 Å². The molecule has 3 atom stereocenters. The Kier molecular flexibility index (Phi) is 3.99. The summed E-state index contributed by atoms with van der Waals surface area (Å²) in [5, 5.41) is 9.08. The lowest BCUT2D eigenvalue weighted by molar-refractivity contribution is -0.131. The lowest BCUT2D eigenvalue weighted by Gasteiger charge is -2.40. The number of amides is 2. The van der Waals surface area contributed by atoms with Gasteiger partial charge in [0.15, 0.2) is 0 Å². The molecule has 1 aliphatic heterocycles. The molecule has 2 aliphatic rings. The van der Waals surface area contributed by atoms with Crippen molar-refractivity contribution >= 4 is 11.8 Å². The molecule has 0 aromatic heterocycles. The van der Waals surface area contributed by atoms with Gasteiger partial charge >= 0.3 is 0 Å². The molecule has 3 N–H and O–H groups in total. The van der Waals surface area contributed by atoms with Gasteiger partial charge in [-0.25, -0.2) is 0 Å². The molecule has 2 rings (SSSR count). The van der Waals surface area contributed by atoms with E-state index in [0.717, 1.165) is 12.8 Å². The molecule has 5 heteroatoms. The van der Waals surface area contributed by atoms with Crippen molar-refractivity contribution in [2.24, 2.45) is 0 Å². The third-order valence-corrected chi connectivity index (χ3v) is 3.59. The van der Waals surface area contributed by atoms with Crippen LogP contribution in [0.1, 0.15) is 39.0 Å². The van der Waals surface area contributed by atoms with E-state index in [1.54, 1.807) is 0 Å². The number of piperazine rings is 1. The minimum atomic E-state index is -0.360. The molecule has 0 radical (unpaired) electrons. The number of hydrogen-bond acceptors (Lipinski definition) is 3. The van der Waals surface area contributed by atoms with Crippen molar-refractivity contribution in [2.75, 3.05) is 6.54 Å². The van der Waals surface area contributed by atoms with Gasteiger partial charge < -0.3 is 16.0 Å². The number of rotatable bonds is 3. The fourth-order valence-corrected chi connectivity index (χ4v) is 2.73. The number of fused-ring (bicyclic) bond motifs is 1. The fraction of sp³-hybridized carbons (Fsp3) is 0.833. The van der Waals surface area contributed by atoms with Gasteiger partial charge in [0, 0.05) is 18.6 Å². The van der Waals surface area contributed by atoms with Crippen molar-refractivity contribution in [3.05, 3.63) is 0 Å². The lowest BCUT2D eigenvalue weighted by Crippen LogP contribution is -2.65. The third kappa shape index (κ3) is 2.97. The predicted molar refractivity (Wildman–Crippen MR) is 64.4 cm³/mol. The summed E-state index contributed by atoms with van der Waals surface area (Å²) >= 11 is 0. The molecule has 0 aromatic rings. The van der Waals surface area contributed by atoms with Crippen LogP contribution in [0.5, 0.6) is 0 Å². The average molecular weight is 239 g/mol. The van der Waals surface area contributed by atoms with E-state index in [1.165, 1.54) is 12.8 Å². The van der Waals surface area contributed by atoms with Gasteiger partial charge in [-0.15, -0.1) is 0 Å². The predicted octanol–water partition coefficient (Wildman–Crippen LogP) is -0.0882. The van der Waals surface area contributed by atoms with Gasteiger partial charge in [0.2, 0.25) is 11.8 Å². The first-order chi connectivity index (χ1) is 8.20. The van der Waals surface area contributed by atoms with Crippen molar-refractivity contribution in [1.82, 2.24) is 16.0 Å². The standard InChI is InChI=1S/C12H21N3O2/c1-2-13-11(16)7-10-12(17)15-9-6-4-3-5-8(9)14-10/h8-10,14H,2-7H2,1H3,(H,13,16)(H,15,17). The topological polar surface area (TPSA) is 70.2 Å². The highest BCUT2D eigenvalue weighted by molar-refractivity contribution is 5.89. The van der Waals surface area contributed by atoms with E-state index in [2.05, 4.69) is 16.0 Å². The Morgan fingerprint density at radius 1 is 1.35 bits per heavy atom. The molecule has 3 unspecified atom stereocenters. The SMILES string of the molecule is CCNC(=O)CC1NC2CCCCC2NC1=O. The van der Waals surface area contributed by atoms with Crippen LogP contribution in [0, 0.1) is 0 Å². The Morgan fingerprint density at radius 2 is 2.06 bits per heavy atom. The highest BCUT2D eigenvalue weighted by Crippen LogP contribution is 2.22. The highest BCUT2D eigenvalue weighted by Gasteiger charge is 2.36. The monoisotopic (exact) mass is 239 g/mol. The van der Waals surface area contributed by atoms with Gasteiger partial charge in [-0.2, -0.15) is 0 Å². The quantitative estimate of drug-likeness (QED) is 0.645. The van der Waals surface area contributed by atoms with Gasteiger partial charge in [-0.3, -0.25) is 9.59 Å². The van der Waals surface area contributed by atoms with Crippen LogP contribution in [0.15, 0.2) is 0 Å². The second-order valence-electron chi connectivity index (χ2n) is 4.88. The molecular formula is C12H21N3O2.